The first kappa shape index (κ1) is 8.66. The van der Waals surface area contributed by atoms with Crippen LogP contribution in [0.25, 0.3) is 0 Å². The molecule has 0 aromatic heterocycles. The number of hydrogen-bond acceptors (Lipinski definition) is 2. The molecule has 1 aromatic carbocycles. The van der Waals surface area contributed by atoms with Gasteiger partial charge in [-0.2, -0.15) is 0 Å². The van der Waals surface area contributed by atoms with Gasteiger partial charge in [-0.3, -0.25) is 10.6 Å². The van der Waals surface area contributed by atoms with Gasteiger partial charge in [0.2, 0.25) is 0 Å². The molecule has 1 aromatic rings. The first-order chi connectivity index (χ1) is 6.36. The molecule has 0 radical (unpaired) electrons. The molecule has 0 unspecified atom stereocenters. The third kappa shape index (κ3) is 2.05. The van der Waals surface area contributed by atoms with Crippen LogP contribution in [0.5, 0.6) is 0 Å². The third-order valence-corrected chi connectivity index (χ3v) is 2.25. The molecule has 0 bridgehead atoms. The van der Waals surface area contributed by atoms with E-state index in [4.69, 9.17) is 0 Å². The van der Waals surface area contributed by atoms with Crippen molar-refractivity contribution in [2.45, 2.75) is 12.6 Å². The van der Waals surface area contributed by atoms with Crippen LogP contribution in [0.1, 0.15) is 18.2 Å². The molecule has 0 amide bonds. The van der Waals surface area contributed by atoms with E-state index in [-0.39, 0.29) is 12.0 Å². The lowest BCUT2D eigenvalue weighted by atomic mass is 10.1. The van der Waals surface area contributed by atoms with E-state index in [2.05, 4.69) is 10.6 Å². The van der Waals surface area contributed by atoms with E-state index in [9.17, 15) is 4.39 Å². The fourth-order valence-electron chi connectivity index (χ4n) is 1.54. The Morgan fingerprint density at radius 3 is 2.31 bits per heavy atom. The Labute approximate surface area is 77.2 Å². The van der Waals surface area contributed by atoms with E-state index >= 15 is 0 Å². The van der Waals surface area contributed by atoms with E-state index in [1.807, 2.05) is 12.1 Å². The highest BCUT2D eigenvalue weighted by Gasteiger charge is 2.12. The van der Waals surface area contributed by atoms with Crippen molar-refractivity contribution < 1.29 is 4.39 Å². The fraction of sp³-hybridized carbons (Fsp3) is 0.400. The van der Waals surface area contributed by atoms with Crippen molar-refractivity contribution in [1.29, 1.82) is 0 Å². The standard InChI is InChI=1S/C10H13FN2/c11-9-4-2-8(3-5-9)10-12-6-1-7-13-10/h2-5,10,12-13H,1,6-7H2. The number of hydrogen-bond donors (Lipinski definition) is 2. The second-order valence-electron chi connectivity index (χ2n) is 3.25. The Morgan fingerprint density at radius 1 is 1.08 bits per heavy atom. The van der Waals surface area contributed by atoms with Crippen LogP contribution in [0.2, 0.25) is 0 Å². The maximum Gasteiger partial charge on any atom is 0.123 e. The lowest BCUT2D eigenvalue weighted by Gasteiger charge is -2.25. The van der Waals surface area contributed by atoms with Gasteiger partial charge in [-0.05, 0) is 37.2 Å². The molecule has 1 heterocycles. The zero-order valence-corrected chi connectivity index (χ0v) is 7.39. The summed E-state index contributed by atoms with van der Waals surface area (Å²) in [6.07, 6.45) is 1.34. The molecule has 3 heteroatoms. The Bertz CT molecular complexity index is 265. The fourth-order valence-corrected chi connectivity index (χ4v) is 1.54. The van der Waals surface area contributed by atoms with Crippen molar-refractivity contribution in [3.8, 4) is 0 Å². The van der Waals surface area contributed by atoms with Crippen LogP contribution in [-0.4, -0.2) is 13.1 Å². The normalized spacial score (nSPS) is 18.8. The molecule has 0 aliphatic carbocycles. The molecule has 2 N–H and O–H groups in total. The van der Waals surface area contributed by atoms with Gasteiger partial charge in [0.15, 0.2) is 0 Å². The lowest BCUT2D eigenvalue weighted by Crippen LogP contribution is -2.41. The molecular weight excluding hydrogens is 167 g/mol. The SMILES string of the molecule is Fc1ccc(C2NCCCN2)cc1. The number of nitrogens with one attached hydrogen (secondary N) is 2. The largest absolute Gasteiger partial charge is 0.298 e. The van der Waals surface area contributed by atoms with Crippen LogP contribution in [-0.2, 0) is 0 Å². The lowest BCUT2D eigenvalue weighted by molar-refractivity contribution is 0.379. The molecule has 1 saturated heterocycles. The molecular formula is C10H13FN2. The van der Waals surface area contributed by atoms with Crippen molar-refractivity contribution in [1.82, 2.24) is 10.6 Å². The molecule has 13 heavy (non-hydrogen) atoms. The molecule has 0 atom stereocenters. The Morgan fingerprint density at radius 2 is 1.69 bits per heavy atom. The minimum absolute atomic E-state index is 0.181. The van der Waals surface area contributed by atoms with Gasteiger partial charge >= 0.3 is 0 Å². The van der Waals surface area contributed by atoms with E-state index in [0.29, 0.717) is 0 Å². The summed E-state index contributed by atoms with van der Waals surface area (Å²) in [4.78, 5) is 0. The molecule has 1 aliphatic heterocycles. The molecule has 0 saturated carbocycles. The van der Waals surface area contributed by atoms with Crippen molar-refractivity contribution in [2.75, 3.05) is 13.1 Å². The summed E-state index contributed by atoms with van der Waals surface area (Å²) in [5, 5.41) is 6.64. The summed E-state index contributed by atoms with van der Waals surface area (Å²) in [6.45, 7) is 2.05. The quantitative estimate of drug-likeness (QED) is 0.682. The van der Waals surface area contributed by atoms with E-state index < -0.39 is 0 Å². The van der Waals surface area contributed by atoms with Crippen LogP contribution >= 0.6 is 0 Å². The molecule has 1 aliphatic rings. The van der Waals surface area contributed by atoms with Gasteiger partial charge in [0.05, 0.1) is 6.17 Å². The van der Waals surface area contributed by atoms with Crippen molar-refractivity contribution in [2.24, 2.45) is 0 Å². The molecule has 0 spiro atoms. The smallest absolute Gasteiger partial charge is 0.123 e. The summed E-state index contributed by atoms with van der Waals surface area (Å²) in [5.41, 5.74) is 1.10. The average Bonchev–Trinajstić information content (AvgIpc) is 2.20. The van der Waals surface area contributed by atoms with Crippen molar-refractivity contribution >= 4 is 0 Å². The highest BCUT2D eigenvalue weighted by molar-refractivity contribution is 5.19. The Hall–Kier alpha value is -0.930. The summed E-state index contributed by atoms with van der Waals surface area (Å²) in [7, 11) is 0. The van der Waals surface area contributed by atoms with Gasteiger partial charge in [0.1, 0.15) is 5.82 Å². The number of benzene rings is 1. The molecule has 2 nitrogen and oxygen atoms in total. The highest BCUT2D eigenvalue weighted by Crippen LogP contribution is 2.12. The van der Waals surface area contributed by atoms with Crippen molar-refractivity contribution in [3.63, 3.8) is 0 Å². The monoisotopic (exact) mass is 180 g/mol. The van der Waals surface area contributed by atoms with Crippen molar-refractivity contribution in [3.05, 3.63) is 35.6 Å². The highest BCUT2D eigenvalue weighted by atomic mass is 19.1. The minimum atomic E-state index is -0.181. The number of rotatable bonds is 1. The van der Waals surface area contributed by atoms with Gasteiger partial charge in [-0.25, -0.2) is 4.39 Å². The summed E-state index contributed by atoms with van der Waals surface area (Å²) >= 11 is 0. The second-order valence-corrected chi connectivity index (χ2v) is 3.25. The average molecular weight is 180 g/mol. The molecule has 2 rings (SSSR count). The first-order valence-electron chi connectivity index (χ1n) is 4.58. The Balaban J connectivity index is 2.10. The minimum Gasteiger partial charge on any atom is -0.298 e. The van der Waals surface area contributed by atoms with Crippen LogP contribution in [0, 0.1) is 5.82 Å². The summed E-state index contributed by atoms with van der Waals surface area (Å²) < 4.78 is 12.6. The van der Waals surface area contributed by atoms with E-state index in [1.54, 1.807) is 0 Å². The predicted molar refractivity (Wildman–Crippen MR) is 49.8 cm³/mol. The van der Waals surface area contributed by atoms with Gasteiger partial charge < -0.3 is 0 Å². The predicted octanol–water partition coefficient (Wildman–Crippen LogP) is 1.41. The first-order valence-corrected chi connectivity index (χ1v) is 4.58. The van der Waals surface area contributed by atoms with Gasteiger partial charge in [0, 0.05) is 0 Å². The van der Waals surface area contributed by atoms with E-state index in [0.717, 1.165) is 25.1 Å². The third-order valence-electron chi connectivity index (χ3n) is 2.25. The zero-order valence-electron chi connectivity index (χ0n) is 7.39. The molecule has 70 valence electrons. The van der Waals surface area contributed by atoms with Gasteiger partial charge in [-0.15, -0.1) is 0 Å². The van der Waals surface area contributed by atoms with Crippen LogP contribution in [0.4, 0.5) is 4.39 Å². The maximum absolute atomic E-state index is 12.6. The van der Waals surface area contributed by atoms with Gasteiger partial charge in [0.25, 0.3) is 0 Å². The van der Waals surface area contributed by atoms with Crippen LogP contribution < -0.4 is 10.6 Å². The topological polar surface area (TPSA) is 24.1 Å². The van der Waals surface area contributed by atoms with Crippen LogP contribution in [0.15, 0.2) is 24.3 Å². The Kier molecular flexibility index (Phi) is 2.57. The second kappa shape index (κ2) is 3.85. The number of halogens is 1. The zero-order chi connectivity index (χ0) is 9.10. The van der Waals surface area contributed by atoms with Crippen LogP contribution in [0.3, 0.4) is 0 Å². The summed E-state index contributed by atoms with van der Waals surface area (Å²) in [6, 6.07) is 6.61. The maximum atomic E-state index is 12.6. The summed E-state index contributed by atoms with van der Waals surface area (Å²) in [5.74, 6) is -0.181. The van der Waals surface area contributed by atoms with Gasteiger partial charge in [-0.1, -0.05) is 12.1 Å². The van der Waals surface area contributed by atoms with E-state index in [1.165, 1.54) is 12.1 Å². The molecule has 1 fully saturated rings.